The fourth-order valence-corrected chi connectivity index (χ4v) is 12.4. The quantitative estimate of drug-likeness (QED) is 0.569. The van der Waals surface area contributed by atoms with E-state index < -0.39 is 8.46 Å². The predicted molar refractivity (Wildman–Crippen MR) is 43.9 cm³/mol. The molecule has 7 heavy (non-hydrogen) atoms. The molecule has 0 aromatic rings. The Labute approximate surface area is 60.7 Å². The van der Waals surface area contributed by atoms with Crippen LogP contribution in [0, 0.1) is 0 Å². The molecule has 0 saturated carbocycles. The van der Waals surface area contributed by atoms with Crippen molar-refractivity contribution in [1.82, 2.24) is 0 Å². The maximum absolute atomic E-state index is 5.68. The van der Waals surface area contributed by atoms with E-state index in [1.807, 2.05) is 0 Å². The van der Waals surface area contributed by atoms with E-state index in [-0.39, 0.29) is 10.1 Å². The lowest BCUT2D eigenvalue weighted by Crippen LogP contribution is -2.06. The van der Waals surface area contributed by atoms with Crippen LogP contribution >= 0.6 is 50.6 Å². The van der Waals surface area contributed by atoms with Gasteiger partial charge in [0.25, 0.3) is 0 Å². The second-order valence-corrected chi connectivity index (χ2v) is 11.3. The van der Waals surface area contributed by atoms with Gasteiger partial charge in [-0.25, -0.2) is 0 Å². The lowest BCUT2D eigenvalue weighted by Gasteiger charge is -2.40. The monoisotopic (exact) mass is 198 g/mol. The lowest BCUT2D eigenvalue weighted by molar-refractivity contribution is 1.99. The molecule has 0 aromatic heterocycles. The van der Waals surface area contributed by atoms with E-state index in [1.54, 1.807) is 0 Å². The number of hydrogen-bond donors (Lipinski definition) is 1. The van der Waals surface area contributed by atoms with Crippen molar-refractivity contribution in [2.24, 2.45) is 0 Å². The van der Waals surface area contributed by atoms with Crippen LogP contribution in [0.15, 0.2) is 0 Å². The molecule has 0 amide bonds. The van der Waals surface area contributed by atoms with Crippen molar-refractivity contribution in [3.05, 3.63) is 0 Å². The molecule has 1 saturated heterocycles. The molecule has 0 N–H and O–H groups in total. The van der Waals surface area contributed by atoms with E-state index in [2.05, 4.69) is 0 Å². The summed E-state index contributed by atoms with van der Waals surface area (Å²) >= 11 is 0. The van der Waals surface area contributed by atoms with E-state index in [1.165, 1.54) is 0 Å². The SMILES string of the molecule is Cl[SH]1CS(Cl)(Cl)C1. The summed E-state index contributed by atoms with van der Waals surface area (Å²) in [5.74, 6) is 0. The summed E-state index contributed by atoms with van der Waals surface area (Å²) in [4.78, 5) is 0. The second-order valence-electron chi connectivity index (χ2n) is 1.42. The van der Waals surface area contributed by atoms with E-state index in [0.717, 1.165) is 10.2 Å². The van der Waals surface area contributed by atoms with Gasteiger partial charge in [-0.05, 0) is 21.4 Å². The van der Waals surface area contributed by atoms with Crippen molar-refractivity contribution in [3.63, 3.8) is 0 Å². The number of hydrogen-bond acceptors (Lipinski definition) is 0. The first-order chi connectivity index (χ1) is 3.10. The molecule has 5 heteroatoms. The highest BCUT2D eigenvalue weighted by molar-refractivity contribution is 8.80. The molecule has 0 aliphatic carbocycles. The minimum atomic E-state index is -1.19. The lowest BCUT2D eigenvalue weighted by atomic mass is 11.8. The molecule has 0 bridgehead atoms. The zero-order chi connectivity index (χ0) is 5.49. The fraction of sp³-hybridized carbons (Fsp3) is 1.00. The molecule has 1 aliphatic heterocycles. The van der Waals surface area contributed by atoms with Crippen LogP contribution in [0.2, 0.25) is 0 Å². The van der Waals surface area contributed by atoms with Gasteiger partial charge in [-0.1, -0.05) is 19.1 Å². The summed E-state index contributed by atoms with van der Waals surface area (Å²) in [6.45, 7) is 0. The smallest absolute Gasteiger partial charge is 0.0445 e. The molecule has 0 unspecified atom stereocenters. The maximum atomic E-state index is 5.68. The van der Waals surface area contributed by atoms with Crippen LogP contribution in [0.1, 0.15) is 0 Å². The van der Waals surface area contributed by atoms with Crippen LogP contribution in [0.3, 0.4) is 0 Å². The average molecular weight is 200 g/mol. The average Bonchev–Trinajstić information content (AvgIpc) is 1.27. The summed E-state index contributed by atoms with van der Waals surface area (Å²) in [6.07, 6.45) is 0. The van der Waals surface area contributed by atoms with Crippen molar-refractivity contribution in [1.29, 1.82) is 0 Å². The highest BCUT2D eigenvalue weighted by atomic mass is 36.0. The van der Waals surface area contributed by atoms with Gasteiger partial charge in [0.2, 0.25) is 0 Å². The number of halogens is 3. The van der Waals surface area contributed by atoms with Crippen LogP contribution < -0.4 is 0 Å². The highest BCUT2D eigenvalue weighted by Crippen LogP contribution is 2.77. The summed E-state index contributed by atoms with van der Waals surface area (Å²) in [7, 11) is 15.6. The molecule has 1 aliphatic rings. The zero-order valence-electron chi connectivity index (χ0n) is 3.40. The molecule has 1 heterocycles. The van der Waals surface area contributed by atoms with Crippen LogP contribution in [0.5, 0.6) is 0 Å². The van der Waals surface area contributed by atoms with E-state index in [4.69, 9.17) is 32.0 Å². The standard InChI is InChI=1S/C2H5Cl3S2/c3-6-1-7(4,5)2-6/h6H,1-2H2. The van der Waals surface area contributed by atoms with Gasteiger partial charge in [0, 0.05) is 10.2 Å². The van der Waals surface area contributed by atoms with Gasteiger partial charge in [0.05, 0.1) is 0 Å². The Morgan fingerprint density at radius 1 is 1.29 bits per heavy atom. The maximum Gasteiger partial charge on any atom is 0.0445 e. The largest absolute Gasteiger partial charge is 0.155 e. The van der Waals surface area contributed by atoms with E-state index >= 15 is 0 Å². The van der Waals surface area contributed by atoms with E-state index in [9.17, 15) is 0 Å². The Morgan fingerprint density at radius 3 is 1.71 bits per heavy atom. The molecule has 0 atom stereocenters. The van der Waals surface area contributed by atoms with Gasteiger partial charge in [-0.2, -0.15) is 10.1 Å². The summed E-state index contributed by atoms with van der Waals surface area (Å²) in [5.41, 5.74) is 0. The number of rotatable bonds is 0. The molecular formula is C2H5Cl3S2. The van der Waals surface area contributed by atoms with Crippen LogP contribution in [-0.2, 0) is 0 Å². The predicted octanol–water partition coefficient (Wildman–Crippen LogP) is 3.18. The Balaban J connectivity index is 2.29. The second kappa shape index (κ2) is 2.07. The van der Waals surface area contributed by atoms with Crippen molar-refractivity contribution >= 4 is 50.6 Å². The van der Waals surface area contributed by atoms with Crippen molar-refractivity contribution in [2.45, 2.75) is 0 Å². The van der Waals surface area contributed by atoms with Crippen LogP contribution in [0.4, 0.5) is 0 Å². The zero-order valence-corrected chi connectivity index (χ0v) is 7.38. The normalized spacial score (nSPS) is 36.7. The van der Waals surface area contributed by atoms with Gasteiger partial charge in [-0.15, -0.1) is 0 Å². The minimum absolute atomic E-state index is 0.260. The summed E-state index contributed by atoms with van der Waals surface area (Å²) in [5, 5.41) is 1.76. The third kappa shape index (κ3) is 1.75. The fourth-order valence-electron chi connectivity index (χ4n) is 0.372. The Bertz CT molecular complexity index is 75.0. The molecule has 0 aromatic carbocycles. The first-order valence-corrected chi connectivity index (χ1v) is 7.93. The van der Waals surface area contributed by atoms with Crippen molar-refractivity contribution in [3.8, 4) is 0 Å². The van der Waals surface area contributed by atoms with E-state index in [0.29, 0.717) is 0 Å². The molecule has 1 fully saturated rings. The van der Waals surface area contributed by atoms with Crippen molar-refractivity contribution < 1.29 is 0 Å². The van der Waals surface area contributed by atoms with Gasteiger partial charge in [-0.3, -0.25) is 0 Å². The van der Waals surface area contributed by atoms with Gasteiger partial charge in [0.1, 0.15) is 0 Å². The topological polar surface area (TPSA) is 0 Å². The third-order valence-corrected chi connectivity index (χ3v) is 11.2. The van der Waals surface area contributed by atoms with Crippen LogP contribution in [0.25, 0.3) is 0 Å². The van der Waals surface area contributed by atoms with Crippen LogP contribution in [-0.4, -0.2) is 10.2 Å². The Morgan fingerprint density at radius 2 is 1.71 bits per heavy atom. The third-order valence-electron chi connectivity index (χ3n) is 0.658. The molecule has 0 spiro atoms. The first kappa shape index (κ1) is 6.69. The Hall–Kier alpha value is 1.57. The minimum Gasteiger partial charge on any atom is -0.155 e. The molecule has 46 valence electrons. The summed E-state index contributed by atoms with van der Waals surface area (Å²) < 4.78 is 0. The number of thiol groups is 1. The highest BCUT2D eigenvalue weighted by Gasteiger charge is 2.32. The molecule has 0 radical (unpaired) electrons. The first-order valence-electron chi connectivity index (χ1n) is 1.69. The molecule has 0 nitrogen and oxygen atoms in total. The van der Waals surface area contributed by atoms with Crippen molar-refractivity contribution in [2.75, 3.05) is 10.2 Å². The Kier molecular flexibility index (Phi) is 1.98. The van der Waals surface area contributed by atoms with Gasteiger partial charge in [0.15, 0.2) is 0 Å². The summed E-state index contributed by atoms with van der Waals surface area (Å²) in [6, 6.07) is 0. The van der Waals surface area contributed by atoms with Gasteiger partial charge < -0.3 is 0 Å². The van der Waals surface area contributed by atoms with Gasteiger partial charge >= 0.3 is 0 Å². The molecular weight excluding hydrogens is 195 g/mol. The molecule has 1 rings (SSSR count).